The molecule has 1 aliphatic rings. The molecule has 19 heavy (non-hydrogen) atoms. The molecule has 108 valence electrons. The first-order valence-corrected chi connectivity index (χ1v) is 7.79. The Morgan fingerprint density at radius 3 is 2.79 bits per heavy atom. The monoisotopic (exact) mass is 263 g/mol. The molecule has 0 aromatic carbocycles. The van der Waals surface area contributed by atoms with E-state index < -0.39 is 0 Å². The molecule has 0 aromatic rings. The lowest BCUT2D eigenvalue weighted by Gasteiger charge is -2.24. The molecule has 2 atom stereocenters. The summed E-state index contributed by atoms with van der Waals surface area (Å²) in [6.45, 7) is 7.89. The summed E-state index contributed by atoms with van der Waals surface area (Å²) in [4.78, 5) is 14.2. The minimum atomic E-state index is 0.151. The van der Waals surface area contributed by atoms with Crippen LogP contribution in [0, 0.1) is 11.8 Å². The third-order valence-electron chi connectivity index (χ3n) is 3.88. The van der Waals surface area contributed by atoms with Gasteiger partial charge in [-0.15, -0.1) is 0 Å². The molecule has 1 amide bonds. The zero-order valence-electron chi connectivity index (χ0n) is 12.8. The topological polar surface area (TPSA) is 20.3 Å². The largest absolute Gasteiger partial charge is 0.339 e. The Bertz CT molecular complexity index is 319. The number of hydrogen-bond donors (Lipinski definition) is 0. The number of carbonyl (C=O) groups is 1. The van der Waals surface area contributed by atoms with E-state index in [0.717, 1.165) is 32.4 Å². The Kier molecular flexibility index (Phi) is 7.54. The summed E-state index contributed by atoms with van der Waals surface area (Å²) in [5, 5.41) is 0. The van der Waals surface area contributed by atoms with Gasteiger partial charge in [-0.1, -0.05) is 45.1 Å². The van der Waals surface area contributed by atoms with Crippen molar-refractivity contribution in [2.24, 2.45) is 11.8 Å². The van der Waals surface area contributed by atoms with Gasteiger partial charge in [0.1, 0.15) is 0 Å². The fourth-order valence-electron chi connectivity index (χ4n) is 2.42. The van der Waals surface area contributed by atoms with Gasteiger partial charge in [-0.05, 0) is 38.0 Å². The van der Waals surface area contributed by atoms with Crippen molar-refractivity contribution < 1.29 is 4.79 Å². The Balaban J connectivity index is 2.46. The molecule has 1 aliphatic carbocycles. The van der Waals surface area contributed by atoms with Crippen molar-refractivity contribution in [1.82, 2.24) is 4.90 Å². The molecule has 0 saturated heterocycles. The lowest BCUT2D eigenvalue weighted by atomic mass is 9.94. The van der Waals surface area contributed by atoms with Crippen molar-refractivity contribution in [3.63, 3.8) is 0 Å². The lowest BCUT2D eigenvalue weighted by Crippen LogP contribution is -2.35. The number of nitrogens with zero attached hydrogens (tertiary/aromatic N) is 1. The van der Waals surface area contributed by atoms with Crippen molar-refractivity contribution in [2.45, 2.75) is 52.9 Å². The third kappa shape index (κ3) is 5.63. The van der Waals surface area contributed by atoms with Crippen LogP contribution in [0.5, 0.6) is 0 Å². The van der Waals surface area contributed by atoms with E-state index in [1.165, 1.54) is 12.8 Å². The van der Waals surface area contributed by atoms with E-state index in [1.54, 1.807) is 0 Å². The van der Waals surface area contributed by atoms with Crippen molar-refractivity contribution in [1.29, 1.82) is 0 Å². The van der Waals surface area contributed by atoms with E-state index in [0.29, 0.717) is 11.8 Å². The lowest BCUT2D eigenvalue weighted by molar-refractivity contribution is -0.134. The summed E-state index contributed by atoms with van der Waals surface area (Å²) in [7, 11) is 0. The maximum Gasteiger partial charge on any atom is 0.225 e. The molecule has 0 spiro atoms. The van der Waals surface area contributed by atoms with Crippen LogP contribution in [0.3, 0.4) is 0 Å². The fourth-order valence-corrected chi connectivity index (χ4v) is 2.42. The van der Waals surface area contributed by atoms with Gasteiger partial charge in [0.2, 0.25) is 5.91 Å². The maximum absolute atomic E-state index is 12.2. The molecule has 0 N–H and O–H groups in total. The number of rotatable bonds is 7. The second-order valence-corrected chi connectivity index (χ2v) is 5.57. The van der Waals surface area contributed by atoms with Crippen LogP contribution in [-0.2, 0) is 4.79 Å². The first-order chi connectivity index (χ1) is 9.19. The minimum absolute atomic E-state index is 0.151. The van der Waals surface area contributed by atoms with Crippen LogP contribution in [0.25, 0.3) is 0 Å². The minimum Gasteiger partial charge on any atom is -0.339 e. The smallest absolute Gasteiger partial charge is 0.225 e. The highest BCUT2D eigenvalue weighted by Gasteiger charge is 2.17. The highest BCUT2D eigenvalue weighted by Crippen LogP contribution is 2.19. The first-order valence-electron chi connectivity index (χ1n) is 7.79. The van der Waals surface area contributed by atoms with Crippen molar-refractivity contribution in [2.75, 3.05) is 13.1 Å². The summed E-state index contributed by atoms with van der Waals surface area (Å²) < 4.78 is 0. The average molecular weight is 263 g/mol. The zero-order valence-corrected chi connectivity index (χ0v) is 12.8. The molecule has 0 aromatic heterocycles. The van der Waals surface area contributed by atoms with Gasteiger partial charge in [0.15, 0.2) is 0 Å². The van der Waals surface area contributed by atoms with Crippen LogP contribution in [0.4, 0.5) is 0 Å². The third-order valence-corrected chi connectivity index (χ3v) is 3.88. The van der Waals surface area contributed by atoms with Gasteiger partial charge in [0.25, 0.3) is 0 Å². The standard InChI is InChI=1S/C17H29NO/c1-4-13-18(17(19)15(3)5-2)14-9-12-16-10-7-6-8-11-16/h6-7,9,12,15-16H,4-5,8,10-11,13-14H2,1-3H3/b12-9+. The highest BCUT2D eigenvalue weighted by molar-refractivity contribution is 5.78. The molecule has 0 radical (unpaired) electrons. The summed E-state index contributed by atoms with van der Waals surface area (Å²) >= 11 is 0. The van der Waals surface area contributed by atoms with Gasteiger partial charge in [0, 0.05) is 19.0 Å². The van der Waals surface area contributed by atoms with E-state index >= 15 is 0 Å². The molecule has 2 nitrogen and oxygen atoms in total. The molecule has 0 heterocycles. The van der Waals surface area contributed by atoms with Crippen LogP contribution in [0.15, 0.2) is 24.3 Å². The Hall–Kier alpha value is -1.05. The van der Waals surface area contributed by atoms with E-state index in [-0.39, 0.29) is 5.92 Å². The second-order valence-electron chi connectivity index (χ2n) is 5.57. The Labute approximate surface area is 118 Å². The molecule has 2 unspecified atom stereocenters. The molecule has 1 rings (SSSR count). The van der Waals surface area contributed by atoms with E-state index in [1.807, 2.05) is 11.8 Å². The molecule has 0 aliphatic heterocycles. The van der Waals surface area contributed by atoms with Gasteiger partial charge >= 0.3 is 0 Å². The van der Waals surface area contributed by atoms with E-state index in [2.05, 4.69) is 38.2 Å². The van der Waals surface area contributed by atoms with Crippen LogP contribution in [-0.4, -0.2) is 23.9 Å². The van der Waals surface area contributed by atoms with Gasteiger partial charge < -0.3 is 4.90 Å². The summed E-state index contributed by atoms with van der Waals surface area (Å²) in [6, 6.07) is 0. The molecule has 2 heteroatoms. The molecule has 0 fully saturated rings. The molecular weight excluding hydrogens is 234 g/mol. The molecular formula is C17H29NO. The average Bonchev–Trinajstić information content (AvgIpc) is 2.46. The van der Waals surface area contributed by atoms with E-state index in [4.69, 9.17) is 0 Å². The zero-order chi connectivity index (χ0) is 14.1. The Morgan fingerprint density at radius 2 is 2.21 bits per heavy atom. The number of allylic oxidation sites excluding steroid dienone is 3. The van der Waals surface area contributed by atoms with Crippen LogP contribution >= 0.6 is 0 Å². The second kappa shape index (κ2) is 8.95. The quantitative estimate of drug-likeness (QED) is 0.631. The normalized spacial score (nSPS) is 20.7. The Morgan fingerprint density at radius 1 is 1.42 bits per heavy atom. The van der Waals surface area contributed by atoms with Crippen molar-refractivity contribution in [3.8, 4) is 0 Å². The van der Waals surface area contributed by atoms with Crippen LogP contribution in [0.1, 0.15) is 52.9 Å². The van der Waals surface area contributed by atoms with Gasteiger partial charge in [0.05, 0.1) is 0 Å². The van der Waals surface area contributed by atoms with Crippen molar-refractivity contribution >= 4 is 5.91 Å². The summed E-state index contributed by atoms with van der Waals surface area (Å²) in [5.41, 5.74) is 0. The predicted molar refractivity (Wildman–Crippen MR) is 81.9 cm³/mol. The van der Waals surface area contributed by atoms with Crippen molar-refractivity contribution in [3.05, 3.63) is 24.3 Å². The molecule has 0 bridgehead atoms. The fraction of sp³-hybridized carbons (Fsp3) is 0.706. The SMILES string of the molecule is CCCN(C/C=C/C1CC=CCC1)C(=O)C(C)CC. The summed E-state index contributed by atoms with van der Waals surface area (Å²) in [6.07, 6.45) is 14.6. The summed E-state index contributed by atoms with van der Waals surface area (Å²) in [5.74, 6) is 1.13. The first kappa shape index (κ1) is 16.0. The highest BCUT2D eigenvalue weighted by atomic mass is 16.2. The molecule has 0 saturated carbocycles. The predicted octanol–water partition coefficient (Wildman–Crippen LogP) is 4.18. The maximum atomic E-state index is 12.2. The van der Waals surface area contributed by atoms with Crippen LogP contribution < -0.4 is 0 Å². The van der Waals surface area contributed by atoms with Crippen LogP contribution in [0.2, 0.25) is 0 Å². The number of amides is 1. The van der Waals surface area contributed by atoms with Gasteiger partial charge in [-0.3, -0.25) is 4.79 Å². The van der Waals surface area contributed by atoms with Gasteiger partial charge in [-0.2, -0.15) is 0 Å². The number of carbonyl (C=O) groups excluding carboxylic acids is 1. The van der Waals surface area contributed by atoms with Gasteiger partial charge in [-0.25, -0.2) is 0 Å². The van der Waals surface area contributed by atoms with E-state index in [9.17, 15) is 4.79 Å². The number of hydrogen-bond acceptors (Lipinski definition) is 1.